The maximum absolute atomic E-state index is 11.5. The van der Waals surface area contributed by atoms with E-state index in [4.69, 9.17) is 0 Å². The van der Waals surface area contributed by atoms with Crippen LogP contribution in [-0.4, -0.2) is 50.1 Å². The molecule has 1 saturated heterocycles. The maximum atomic E-state index is 11.5. The van der Waals surface area contributed by atoms with Gasteiger partial charge in [0.2, 0.25) is 10.0 Å². The van der Waals surface area contributed by atoms with Gasteiger partial charge in [0.05, 0.1) is 11.9 Å². The number of aromatic nitrogens is 1. The van der Waals surface area contributed by atoms with Gasteiger partial charge in [0.15, 0.2) is 5.13 Å². The first kappa shape index (κ1) is 14.0. The molecule has 0 bridgehead atoms. The van der Waals surface area contributed by atoms with Crippen molar-refractivity contribution in [1.29, 1.82) is 0 Å². The van der Waals surface area contributed by atoms with Crippen LogP contribution in [0.2, 0.25) is 0 Å². The number of nitrogens with zero attached hydrogens (tertiary/aromatic N) is 3. The van der Waals surface area contributed by atoms with Crippen molar-refractivity contribution in [2.24, 2.45) is 0 Å². The molecule has 0 unspecified atom stereocenters. The molecule has 0 amide bonds. The number of sulfonamides is 1. The molecule has 0 radical (unpaired) electrons. The van der Waals surface area contributed by atoms with Crippen molar-refractivity contribution in [2.45, 2.75) is 0 Å². The average Bonchev–Trinajstić information content (AvgIpc) is 3.09. The van der Waals surface area contributed by atoms with Crippen LogP contribution in [0.25, 0.3) is 11.3 Å². The summed E-state index contributed by atoms with van der Waals surface area (Å²) >= 11 is 3.27. The Labute approximate surface area is 126 Å². The molecule has 8 heteroatoms. The Morgan fingerprint density at radius 2 is 1.95 bits per heavy atom. The van der Waals surface area contributed by atoms with Crippen LogP contribution in [0.5, 0.6) is 0 Å². The van der Waals surface area contributed by atoms with Gasteiger partial charge in [-0.25, -0.2) is 13.4 Å². The summed E-state index contributed by atoms with van der Waals surface area (Å²) in [6.45, 7) is 2.46. The van der Waals surface area contributed by atoms with Crippen molar-refractivity contribution in [3.8, 4) is 11.3 Å². The van der Waals surface area contributed by atoms with Gasteiger partial charge in [-0.2, -0.15) is 15.6 Å². The summed E-state index contributed by atoms with van der Waals surface area (Å²) in [5.41, 5.74) is 2.14. The molecule has 2 aromatic heterocycles. The molecule has 1 aliphatic heterocycles. The highest BCUT2D eigenvalue weighted by molar-refractivity contribution is 7.88. The van der Waals surface area contributed by atoms with Gasteiger partial charge < -0.3 is 4.90 Å². The van der Waals surface area contributed by atoms with Gasteiger partial charge in [0.1, 0.15) is 0 Å². The topological polar surface area (TPSA) is 53.5 Å². The highest BCUT2D eigenvalue weighted by atomic mass is 32.2. The fourth-order valence-electron chi connectivity index (χ4n) is 2.16. The van der Waals surface area contributed by atoms with E-state index >= 15 is 0 Å². The lowest BCUT2D eigenvalue weighted by atomic mass is 10.3. The van der Waals surface area contributed by atoms with Gasteiger partial charge in [0.25, 0.3) is 0 Å². The molecule has 0 aromatic carbocycles. The van der Waals surface area contributed by atoms with E-state index in [9.17, 15) is 8.42 Å². The number of thiophene rings is 1. The average molecular weight is 329 g/mol. The SMILES string of the molecule is CS(=O)(=O)N1CCN(c2nc(-c3ccsc3)cs2)CC1. The molecule has 108 valence electrons. The van der Waals surface area contributed by atoms with E-state index in [1.165, 1.54) is 10.6 Å². The van der Waals surface area contributed by atoms with Gasteiger partial charge in [-0.05, 0) is 11.4 Å². The van der Waals surface area contributed by atoms with E-state index in [-0.39, 0.29) is 0 Å². The van der Waals surface area contributed by atoms with E-state index in [0.29, 0.717) is 26.2 Å². The third-order valence-electron chi connectivity index (χ3n) is 3.29. The lowest BCUT2D eigenvalue weighted by Crippen LogP contribution is -2.48. The standard InChI is InChI=1S/C12H15N3O2S3/c1-20(16,17)15-5-3-14(4-6-15)12-13-11(9-19-12)10-2-7-18-8-10/h2,7-9H,3-6H2,1H3. The van der Waals surface area contributed by atoms with Crippen molar-refractivity contribution >= 4 is 37.8 Å². The lowest BCUT2D eigenvalue weighted by Gasteiger charge is -2.32. The largest absolute Gasteiger partial charge is 0.345 e. The number of hydrogen-bond acceptors (Lipinski definition) is 6. The summed E-state index contributed by atoms with van der Waals surface area (Å²) in [6.07, 6.45) is 1.26. The van der Waals surface area contributed by atoms with E-state index in [2.05, 4.69) is 26.7 Å². The summed E-state index contributed by atoms with van der Waals surface area (Å²) in [5, 5.41) is 7.15. The summed E-state index contributed by atoms with van der Waals surface area (Å²) in [5.74, 6) is 0. The first-order valence-corrected chi connectivity index (χ1v) is 9.89. The Morgan fingerprint density at radius 3 is 2.55 bits per heavy atom. The van der Waals surface area contributed by atoms with Gasteiger partial charge in [-0.3, -0.25) is 0 Å². The highest BCUT2D eigenvalue weighted by Gasteiger charge is 2.24. The predicted molar refractivity (Wildman–Crippen MR) is 84.1 cm³/mol. The minimum atomic E-state index is -3.07. The lowest BCUT2D eigenvalue weighted by molar-refractivity contribution is 0.388. The van der Waals surface area contributed by atoms with Crippen LogP contribution in [-0.2, 0) is 10.0 Å². The van der Waals surface area contributed by atoms with Gasteiger partial charge >= 0.3 is 0 Å². The molecule has 0 N–H and O–H groups in total. The minimum absolute atomic E-state index is 0.534. The van der Waals surface area contributed by atoms with Crippen molar-refractivity contribution in [2.75, 3.05) is 37.3 Å². The second-order valence-electron chi connectivity index (χ2n) is 4.68. The van der Waals surface area contributed by atoms with Crippen molar-refractivity contribution < 1.29 is 8.42 Å². The third kappa shape index (κ3) is 2.88. The number of piperazine rings is 1. The molecule has 0 aliphatic carbocycles. The zero-order valence-electron chi connectivity index (χ0n) is 11.0. The Bertz CT molecular complexity index is 671. The number of rotatable bonds is 3. The molecule has 1 fully saturated rings. The molecular formula is C12H15N3O2S3. The first-order chi connectivity index (χ1) is 9.54. The Morgan fingerprint density at radius 1 is 1.20 bits per heavy atom. The Kier molecular flexibility index (Phi) is 3.80. The Balaban J connectivity index is 1.70. The molecule has 0 spiro atoms. The monoisotopic (exact) mass is 329 g/mol. The smallest absolute Gasteiger partial charge is 0.211 e. The summed E-state index contributed by atoms with van der Waals surface area (Å²) in [7, 11) is -3.07. The van der Waals surface area contributed by atoms with Gasteiger partial charge in [-0.1, -0.05) is 0 Å². The maximum Gasteiger partial charge on any atom is 0.211 e. The second kappa shape index (κ2) is 5.44. The minimum Gasteiger partial charge on any atom is -0.345 e. The zero-order chi connectivity index (χ0) is 14.2. The van der Waals surface area contributed by atoms with Crippen LogP contribution in [0.1, 0.15) is 0 Å². The number of thiazole rings is 1. The summed E-state index contributed by atoms with van der Waals surface area (Å²) in [4.78, 5) is 6.80. The normalized spacial score (nSPS) is 17.6. The fourth-order valence-corrected chi connectivity index (χ4v) is 4.53. The number of hydrogen-bond donors (Lipinski definition) is 0. The van der Waals surface area contributed by atoms with Crippen LogP contribution in [0.3, 0.4) is 0 Å². The molecule has 2 aromatic rings. The summed E-state index contributed by atoms with van der Waals surface area (Å²) < 4.78 is 24.5. The third-order valence-corrected chi connectivity index (χ3v) is 6.18. The second-order valence-corrected chi connectivity index (χ2v) is 8.28. The van der Waals surface area contributed by atoms with Crippen LogP contribution >= 0.6 is 22.7 Å². The van der Waals surface area contributed by atoms with Crippen molar-refractivity contribution in [3.05, 3.63) is 22.2 Å². The molecule has 5 nitrogen and oxygen atoms in total. The zero-order valence-corrected chi connectivity index (χ0v) is 13.5. The molecule has 3 heterocycles. The van der Waals surface area contributed by atoms with E-state index in [1.54, 1.807) is 22.7 Å². The van der Waals surface area contributed by atoms with E-state index < -0.39 is 10.0 Å². The molecule has 1 aliphatic rings. The number of anilines is 1. The van der Waals surface area contributed by atoms with Crippen molar-refractivity contribution in [3.63, 3.8) is 0 Å². The quantitative estimate of drug-likeness (QED) is 0.864. The Hall–Kier alpha value is -0.960. The molecule has 20 heavy (non-hydrogen) atoms. The van der Waals surface area contributed by atoms with Gasteiger partial charge in [-0.15, -0.1) is 11.3 Å². The summed E-state index contributed by atoms with van der Waals surface area (Å²) in [6, 6.07) is 2.06. The highest BCUT2D eigenvalue weighted by Crippen LogP contribution is 2.29. The van der Waals surface area contributed by atoms with Gasteiger partial charge in [0, 0.05) is 42.5 Å². The van der Waals surface area contributed by atoms with E-state index in [0.717, 1.165) is 16.4 Å². The van der Waals surface area contributed by atoms with E-state index in [1.807, 2.05) is 5.38 Å². The first-order valence-electron chi connectivity index (χ1n) is 6.22. The van der Waals surface area contributed by atoms with Crippen LogP contribution < -0.4 is 4.90 Å². The van der Waals surface area contributed by atoms with Crippen LogP contribution in [0.4, 0.5) is 5.13 Å². The molecular weight excluding hydrogens is 314 g/mol. The van der Waals surface area contributed by atoms with Crippen LogP contribution in [0, 0.1) is 0 Å². The van der Waals surface area contributed by atoms with Crippen LogP contribution in [0.15, 0.2) is 22.2 Å². The molecule has 3 rings (SSSR count). The predicted octanol–water partition coefficient (Wildman–Crippen LogP) is 1.95. The molecule has 0 atom stereocenters. The fraction of sp³-hybridized carbons (Fsp3) is 0.417. The molecule has 0 saturated carbocycles. The van der Waals surface area contributed by atoms with Crippen molar-refractivity contribution in [1.82, 2.24) is 9.29 Å².